The molecule has 1 aliphatic heterocycles. The van der Waals surface area contributed by atoms with E-state index in [1.54, 1.807) is 25.2 Å². The molecule has 0 saturated heterocycles. The van der Waals surface area contributed by atoms with Crippen LogP contribution in [0, 0.1) is 0 Å². The Bertz CT molecular complexity index is 1270. The fourth-order valence-electron chi connectivity index (χ4n) is 4.99. The fraction of sp³-hybridized carbons (Fsp3) is 0.500. The Balaban J connectivity index is 1.65. The molecule has 1 aliphatic carbocycles. The zero-order valence-corrected chi connectivity index (χ0v) is 19.0. The summed E-state index contributed by atoms with van der Waals surface area (Å²) in [6.07, 6.45) is 7.01. The molecule has 9 heteroatoms. The Labute approximate surface area is 189 Å². The van der Waals surface area contributed by atoms with Gasteiger partial charge in [0.2, 0.25) is 5.95 Å². The van der Waals surface area contributed by atoms with Gasteiger partial charge in [-0.05, 0) is 37.0 Å². The molecule has 1 saturated carbocycles. The number of imidazole rings is 1. The van der Waals surface area contributed by atoms with Crippen LogP contribution in [0.25, 0.3) is 11.2 Å². The fourth-order valence-corrected chi connectivity index (χ4v) is 5.46. The maximum absolute atomic E-state index is 13.5. The van der Waals surface area contributed by atoms with E-state index in [-0.39, 0.29) is 12.1 Å². The molecule has 0 spiro atoms. The van der Waals surface area contributed by atoms with Crippen molar-refractivity contribution in [3.8, 4) is 0 Å². The van der Waals surface area contributed by atoms with Gasteiger partial charge in [-0.3, -0.25) is 13.9 Å². The summed E-state index contributed by atoms with van der Waals surface area (Å²) in [6.45, 7) is 1.75. The highest BCUT2D eigenvalue weighted by Gasteiger charge is 2.30. The predicted octanol–water partition coefficient (Wildman–Crippen LogP) is 3.79. The first-order chi connectivity index (χ1) is 15.0. The van der Waals surface area contributed by atoms with Gasteiger partial charge in [0, 0.05) is 36.2 Å². The molecule has 0 amide bonds. The lowest BCUT2D eigenvalue weighted by molar-refractivity contribution is 0.391. The summed E-state index contributed by atoms with van der Waals surface area (Å²) < 4.78 is 4.73. The van der Waals surface area contributed by atoms with Crippen LogP contribution >= 0.6 is 23.2 Å². The molecular weight excluding hydrogens is 437 g/mol. The standard InChI is InChI=1S/C22H25Cl2N5O2/c1-26-19-18(20(30)29(22(26)31)13-14-8-9-15(23)12-17(14)24)28-11-5-10-27(21(28)25-19)16-6-3-2-4-7-16/h8-9,12,16H,2-7,10-11,13H2,1H3. The molecule has 1 aromatic carbocycles. The van der Waals surface area contributed by atoms with Crippen molar-refractivity contribution in [2.24, 2.45) is 7.05 Å². The van der Waals surface area contributed by atoms with E-state index in [2.05, 4.69) is 4.90 Å². The molecule has 7 nitrogen and oxygen atoms in total. The normalized spacial score (nSPS) is 17.3. The highest BCUT2D eigenvalue weighted by Crippen LogP contribution is 2.31. The molecular formula is C22H25Cl2N5O2. The molecule has 164 valence electrons. The number of anilines is 1. The van der Waals surface area contributed by atoms with Crippen molar-refractivity contribution in [2.75, 3.05) is 11.4 Å². The van der Waals surface area contributed by atoms with E-state index < -0.39 is 5.69 Å². The van der Waals surface area contributed by atoms with Gasteiger partial charge in [-0.25, -0.2) is 4.79 Å². The highest BCUT2D eigenvalue weighted by molar-refractivity contribution is 6.35. The third kappa shape index (κ3) is 3.48. The number of halogens is 2. The molecule has 0 N–H and O–H groups in total. The zero-order chi connectivity index (χ0) is 21.7. The van der Waals surface area contributed by atoms with Gasteiger partial charge < -0.3 is 9.47 Å². The van der Waals surface area contributed by atoms with Gasteiger partial charge >= 0.3 is 5.69 Å². The van der Waals surface area contributed by atoms with Crippen molar-refractivity contribution < 1.29 is 0 Å². The van der Waals surface area contributed by atoms with E-state index in [1.807, 2.05) is 4.57 Å². The molecule has 5 rings (SSSR count). The Morgan fingerprint density at radius 3 is 2.58 bits per heavy atom. The number of aromatic nitrogens is 4. The minimum absolute atomic E-state index is 0.0876. The molecule has 31 heavy (non-hydrogen) atoms. The van der Waals surface area contributed by atoms with Crippen LogP contribution in [-0.4, -0.2) is 31.3 Å². The summed E-state index contributed by atoms with van der Waals surface area (Å²) in [4.78, 5) is 33.7. The van der Waals surface area contributed by atoms with E-state index in [9.17, 15) is 9.59 Å². The third-order valence-corrected chi connectivity index (χ3v) is 7.20. The van der Waals surface area contributed by atoms with Crippen LogP contribution in [0.3, 0.4) is 0 Å². The van der Waals surface area contributed by atoms with E-state index in [4.69, 9.17) is 28.2 Å². The second kappa shape index (κ2) is 8.02. The summed E-state index contributed by atoms with van der Waals surface area (Å²) in [5.41, 5.74) is 0.886. The van der Waals surface area contributed by atoms with Crippen LogP contribution in [-0.2, 0) is 20.1 Å². The van der Waals surface area contributed by atoms with Crippen molar-refractivity contribution in [3.05, 3.63) is 54.6 Å². The maximum atomic E-state index is 13.5. The van der Waals surface area contributed by atoms with Gasteiger partial charge in [0.1, 0.15) is 0 Å². The number of fused-ring (bicyclic) bond motifs is 3. The first kappa shape index (κ1) is 20.6. The van der Waals surface area contributed by atoms with Gasteiger partial charge in [-0.1, -0.05) is 48.5 Å². The molecule has 3 heterocycles. The van der Waals surface area contributed by atoms with Crippen LogP contribution in [0.4, 0.5) is 5.95 Å². The average molecular weight is 462 g/mol. The smallest absolute Gasteiger partial charge is 0.332 e. The number of benzene rings is 1. The second-order valence-corrected chi connectivity index (χ2v) is 9.39. The van der Waals surface area contributed by atoms with Crippen LogP contribution in [0.1, 0.15) is 44.1 Å². The van der Waals surface area contributed by atoms with E-state index in [0.29, 0.717) is 32.8 Å². The van der Waals surface area contributed by atoms with E-state index in [1.165, 1.54) is 28.4 Å². The van der Waals surface area contributed by atoms with Gasteiger partial charge in [0.15, 0.2) is 11.2 Å². The zero-order valence-electron chi connectivity index (χ0n) is 17.5. The van der Waals surface area contributed by atoms with Crippen molar-refractivity contribution >= 4 is 40.3 Å². The van der Waals surface area contributed by atoms with E-state index >= 15 is 0 Å². The van der Waals surface area contributed by atoms with Crippen LogP contribution < -0.4 is 16.1 Å². The second-order valence-electron chi connectivity index (χ2n) is 8.54. The lowest BCUT2D eigenvalue weighted by atomic mass is 9.94. The first-order valence-corrected chi connectivity index (χ1v) is 11.6. The monoisotopic (exact) mass is 461 g/mol. The molecule has 0 atom stereocenters. The maximum Gasteiger partial charge on any atom is 0.332 e. The number of nitrogens with zero attached hydrogens (tertiary/aromatic N) is 5. The van der Waals surface area contributed by atoms with Gasteiger partial charge in [-0.15, -0.1) is 0 Å². The minimum atomic E-state index is -0.400. The van der Waals surface area contributed by atoms with Crippen molar-refractivity contribution in [1.29, 1.82) is 0 Å². The Kier molecular flexibility index (Phi) is 5.34. The summed E-state index contributed by atoms with van der Waals surface area (Å²) in [6, 6.07) is 5.53. The van der Waals surface area contributed by atoms with Crippen molar-refractivity contribution in [3.63, 3.8) is 0 Å². The van der Waals surface area contributed by atoms with Crippen LogP contribution in [0.15, 0.2) is 27.8 Å². The summed E-state index contributed by atoms with van der Waals surface area (Å²) >= 11 is 12.3. The average Bonchev–Trinajstić information content (AvgIpc) is 3.17. The summed E-state index contributed by atoms with van der Waals surface area (Å²) in [5, 5.41) is 0.942. The topological polar surface area (TPSA) is 65.1 Å². The minimum Gasteiger partial charge on any atom is -0.339 e. The molecule has 1 fully saturated rings. The first-order valence-electron chi connectivity index (χ1n) is 10.9. The molecule has 0 radical (unpaired) electrons. The molecule has 2 aliphatic rings. The van der Waals surface area contributed by atoms with Crippen molar-refractivity contribution in [1.82, 2.24) is 18.7 Å². The Morgan fingerprint density at radius 2 is 1.84 bits per heavy atom. The predicted molar refractivity (Wildman–Crippen MR) is 124 cm³/mol. The molecule has 3 aromatic rings. The highest BCUT2D eigenvalue weighted by atomic mass is 35.5. The lowest BCUT2D eigenvalue weighted by Gasteiger charge is -2.37. The van der Waals surface area contributed by atoms with E-state index in [0.717, 1.165) is 38.3 Å². The third-order valence-electron chi connectivity index (χ3n) is 6.61. The van der Waals surface area contributed by atoms with Crippen LogP contribution in [0.5, 0.6) is 0 Å². The van der Waals surface area contributed by atoms with Gasteiger partial charge in [0.05, 0.1) is 6.54 Å². The summed E-state index contributed by atoms with van der Waals surface area (Å²) in [5.74, 6) is 0.822. The molecule has 0 bridgehead atoms. The number of aryl methyl sites for hydroxylation is 2. The summed E-state index contributed by atoms with van der Waals surface area (Å²) in [7, 11) is 1.67. The SMILES string of the molecule is Cn1c(=O)n(Cc2ccc(Cl)cc2Cl)c(=O)c2c1nc1n2CCCN1C1CCCCC1. The number of rotatable bonds is 3. The van der Waals surface area contributed by atoms with Gasteiger partial charge in [-0.2, -0.15) is 4.98 Å². The van der Waals surface area contributed by atoms with Gasteiger partial charge in [0.25, 0.3) is 5.56 Å². The number of hydrogen-bond acceptors (Lipinski definition) is 4. The Hall–Kier alpha value is -2.25. The van der Waals surface area contributed by atoms with Crippen molar-refractivity contribution in [2.45, 2.75) is 57.7 Å². The quantitative estimate of drug-likeness (QED) is 0.594. The molecule has 2 aromatic heterocycles. The molecule has 0 unspecified atom stereocenters. The van der Waals surface area contributed by atoms with Crippen LogP contribution in [0.2, 0.25) is 10.0 Å². The lowest BCUT2D eigenvalue weighted by Crippen LogP contribution is -2.42. The Morgan fingerprint density at radius 1 is 1.06 bits per heavy atom. The largest absolute Gasteiger partial charge is 0.339 e. The number of hydrogen-bond donors (Lipinski definition) is 0.